The van der Waals surface area contributed by atoms with E-state index in [0.717, 1.165) is 52.7 Å². The van der Waals surface area contributed by atoms with Crippen molar-refractivity contribution in [3.8, 4) is 0 Å². The minimum absolute atomic E-state index is 0.0473. The van der Waals surface area contributed by atoms with Crippen molar-refractivity contribution in [3.63, 3.8) is 0 Å². The Morgan fingerprint density at radius 3 is 1.93 bits per heavy atom. The number of nitrogens with zero attached hydrogens (tertiary/aromatic N) is 2. The van der Waals surface area contributed by atoms with Gasteiger partial charge in [-0.05, 0) is 42.2 Å². The van der Waals surface area contributed by atoms with Crippen LogP contribution in [0.5, 0.6) is 0 Å². The van der Waals surface area contributed by atoms with E-state index in [1.165, 1.54) is 0 Å². The molecule has 1 aliphatic heterocycles. The lowest BCUT2D eigenvalue weighted by Gasteiger charge is -2.47. The van der Waals surface area contributed by atoms with Crippen LogP contribution in [-0.4, -0.2) is 28.1 Å². The molecule has 0 spiro atoms. The van der Waals surface area contributed by atoms with Crippen LogP contribution >= 0.6 is 23.2 Å². The summed E-state index contributed by atoms with van der Waals surface area (Å²) in [5.74, 6) is 0.292. The van der Waals surface area contributed by atoms with Crippen molar-refractivity contribution in [2.24, 2.45) is 11.8 Å². The maximum Gasteiger partial charge on any atom is 0.0991 e. The van der Waals surface area contributed by atoms with Crippen molar-refractivity contribution in [1.82, 2.24) is 9.88 Å². The Balaban J connectivity index is 1.55. The van der Waals surface area contributed by atoms with Crippen LogP contribution in [0.4, 0.5) is 0 Å². The predicted octanol–water partition coefficient (Wildman–Crippen LogP) is 5.71. The average Bonchev–Trinajstić information content (AvgIpc) is 2.94. The third kappa shape index (κ3) is 3.25. The van der Waals surface area contributed by atoms with E-state index in [2.05, 4.69) is 22.0 Å². The number of rotatable bonds is 4. The van der Waals surface area contributed by atoms with Crippen molar-refractivity contribution in [1.29, 1.82) is 0 Å². The summed E-state index contributed by atoms with van der Waals surface area (Å²) in [5.41, 5.74) is 2.22. The van der Waals surface area contributed by atoms with E-state index in [1.807, 2.05) is 54.7 Å². The lowest BCUT2D eigenvalue weighted by molar-refractivity contribution is -0.0956. The maximum atomic E-state index is 11.8. The SMILES string of the molecule is OC1(c2cccnc2)C2CCC1CN(C(c1ccccc1Cl)c1ccccc1Cl)C2. The van der Waals surface area contributed by atoms with Gasteiger partial charge in [0.1, 0.15) is 0 Å². The molecule has 1 aromatic heterocycles. The Morgan fingerprint density at radius 1 is 0.867 bits per heavy atom. The molecule has 30 heavy (non-hydrogen) atoms. The summed E-state index contributed by atoms with van der Waals surface area (Å²) >= 11 is 13.3. The van der Waals surface area contributed by atoms with Gasteiger partial charge < -0.3 is 5.11 Å². The van der Waals surface area contributed by atoms with Gasteiger partial charge in [0, 0.05) is 52.9 Å². The Bertz CT molecular complexity index is 983. The number of pyridine rings is 1. The van der Waals surface area contributed by atoms with E-state index in [-0.39, 0.29) is 17.9 Å². The monoisotopic (exact) mass is 438 g/mol. The molecule has 1 aliphatic carbocycles. The largest absolute Gasteiger partial charge is 0.384 e. The van der Waals surface area contributed by atoms with E-state index >= 15 is 0 Å². The summed E-state index contributed by atoms with van der Waals surface area (Å²) in [6.45, 7) is 1.56. The van der Waals surface area contributed by atoms with Gasteiger partial charge in [-0.15, -0.1) is 0 Å². The molecule has 3 nitrogen and oxygen atoms in total. The molecule has 2 aromatic carbocycles. The van der Waals surface area contributed by atoms with E-state index in [0.29, 0.717) is 0 Å². The second-order valence-electron chi connectivity index (χ2n) is 8.44. The van der Waals surface area contributed by atoms with Crippen LogP contribution < -0.4 is 0 Å². The molecule has 0 amide bonds. The molecule has 5 heteroatoms. The van der Waals surface area contributed by atoms with Crippen LogP contribution in [0.1, 0.15) is 35.6 Å². The molecular weight excluding hydrogens is 415 g/mol. The molecule has 2 unspecified atom stereocenters. The highest BCUT2D eigenvalue weighted by atomic mass is 35.5. The summed E-state index contributed by atoms with van der Waals surface area (Å²) in [6.07, 6.45) is 5.59. The topological polar surface area (TPSA) is 36.4 Å². The van der Waals surface area contributed by atoms with Crippen molar-refractivity contribution >= 4 is 23.2 Å². The fourth-order valence-corrected chi connectivity index (χ4v) is 5.99. The number of likely N-dealkylation sites (tertiary alicyclic amines) is 1. The predicted molar refractivity (Wildman–Crippen MR) is 121 cm³/mol. The van der Waals surface area contributed by atoms with Crippen LogP contribution in [0.3, 0.4) is 0 Å². The number of fused-ring (bicyclic) bond motifs is 2. The Hall–Kier alpha value is -1.91. The van der Waals surface area contributed by atoms with Crippen LogP contribution in [-0.2, 0) is 5.60 Å². The van der Waals surface area contributed by atoms with Gasteiger partial charge in [0.05, 0.1) is 11.6 Å². The first-order chi connectivity index (χ1) is 14.6. The number of piperidine rings is 1. The Kier molecular flexibility index (Phi) is 5.32. The smallest absolute Gasteiger partial charge is 0.0991 e. The maximum absolute atomic E-state index is 11.8. The highest BCUT2D eigenvalue weighted by Gasteiger charge is 2.55. The van der Waals surface area contributed by atoms with E-state index < -0.39 is 5.60 Å². The van der Waals surface area contributed by atoms with Gasteiger partial charge in [0.15, 0.2) is 0 Å². The van der Waals surface area contributed by atoms with E-state index in [9.17, 15) is 5.11 Å². The van der Waals surface area contributed by atoms with Gasteiger partial charge in [-0.2, -0.15) is 0 Å². The molecule has 5 rings (SSSR count). The number of halogens is 2. The zero-order valence-electron chi connectivity index (χ0n) is 16.6. The quantitative estimate of drug-likeness (QED) is 0.566. The molecule has 1 saturated heterocycles. The fourth-order valence-electron chi connectivity index (χ4n) is 5.51. The second-order valence-corrected chi connectivity index (χ2v) is 9.25. The van der Waals surface area contributed by atoms with Gasteiger partial charge in [0.25, 0.3) is 0 Å². The summed E-state index contributed by atoms with van der Waals surface area (Å²) in [5, 5.41) is 13.3. The van der Waals surface area contributed by atoms with Crippen LogP contribution in [0.15, 0.2) is 73.1 Å². The summed E-state index contributed by atoms with van der Waals surface area (Å²) in [6, 6.07) is 19.9. The summed E-state index contributed by atoms with van der Waals surface area (Å²) < 4.78 is 0. The average molecular weight is 439 g/mol. The van der Waals surface area contributed by atoms with Crippen molar-refractivity contribution in [2.45, 2.75) is 24.5 Å². The number of benzene rings is 2. The number of aromatic nitrogens is 1. The van der Waals surface area contributed by atoms with Gasteiger partial charge in [-0.3, -0.25) is 9.88 Å². The van der Waals surface area contributed by atoms with Gasteiger partial charge in [0.2, 0.25) is 0 Å². The highest BCUT2D eigenvalue weighted by Crippen LogP contribution is 2.53. The summed E-state index contributed by atoms with van der Waals surface area (Å²) in [4.78, 5) is 6.72. The van der Waals surface area contributed by atoms with Gasteiger partial charge in [-0.25, -0.2) is 0 Å². The minimum Gasteiger partial charge on any atom is -0.384 e. The lowest BCUT2D eigenvalue weighted by Crippen LogP contribution is -2.52. The number of aliphatic hydroxyl groups is 1. The molecular formula is C25H24Cl2N2O. The molecule has 2 fully saturated rings. The van der Waals surface area contributed by atoms with Crippen LogP contribution in [0, 0.1) is 11.8 Å². The first kappa shape index (κ1) is 20.0. The Labute approximate surface area is 187 Å². The zero-order chi connectivity index (χ0) is 20.7. The van der Waals surface area contributed by atoms with Crippen LogP contribution in [0.2, 0.25) is 10.0 Å². The van der Waals surface area contributed by atoms with E-state index in [1.54, 1.807) is 6.20 Å². The molecule has 3 aromatic rings. The standard InChI is InChI=1S/C25H24Cl2N2O/c26-22-9-3-1-7-20(22)24(21-8-2-4-10-23(21)27)29-15-18-11-12-19(16-29)25(18,30)17-6-5-13-28-14-17/h1-10,13-14,18-19,24,30H,11-12,15-16H2. The Morgan fingerprint density at radius 2 is 1.43 bits per heavy atom. The third-order valence-corrected chi connectivity index (χ3v) is 7.60. The molecule has 2 atom stereocenters. The first-order valence-corrected chi connectivity index (χ1v) is 11.2. The first-order valence-electron chi connectivity index (χ1n) is 10.4. The normalized spacial score (nSPS) is 26.3. The molecule has 2 heterocycles. The fraction of sp³-hybridized carbons (Fsp3) is 0.320. The molecule has 1 N–H and O–H groups in total. The van der Waals surface area contributed by atoms with Gasteiger partial charge in [-0.1, -0.05) is 65.7 Å². The molecule has 1 saturated carbocycles. The molecule has 154 valence electrons. The molecule has 0 radical (unpaired) electrons. The number of hydrogen-bond acceptors (Lipinski definition) is 3. The second kappa shape index (κ2) is 7.97. The van der Waals surface area contributed by atoms with Gasteiger partial charge >= 0.3 is 0 Å². The number of hydrogen-bond donors (Lipinski definition) is 1. The van der Waals surface area contributed by atoms with Crippen molar-refractivity contribution in [2.75, 3.05) is 13.1 Å². The third-order valence-electron chi connectivity index (χ3n) is 6.91. The minimum atomic E-state index is -0.823. The molecule has 2 bridgehead atoms. The highest BCUT2D eigenvalue weighted by molar-refractivity contribution is 6.32. The molecule has 2 aliphatic rings. The zero-order valence-corrected chi connectivity index (χ0v) is 18.1. The summed E-state index contributed by atoms with van der Waals surface area (Å²) in [7, 11) is 0. The van der Waals surface area contributed by atoms with E-state index in [4.69, 9.17) is 23.2 Å². The lowest BCUT2D eigenvalue weighted by atomic mass is 9.75. The van der Waals surface area contributed by atoms with Crippen LogP contribution in [0.25, 0.3) is 0 Å². The van der Waals surface area contributed by atoms with Crippen molar-refractivity contribution < 1.29 is 5.11 Å². The van der Waals surface area contributed by atoms with Crippen molar-refractivity contribution in [3.05, 3.63) is 99.8 Å².